The number of rotatable bonds is 5. The van der Waals surface area contributed by atoms with Crippen LogP contribution in [0.3, 0.4) is 0 Å². The molecule has 0 saturated carbocycles. The molecule has 0 atom stereocenters. The molecule has 0 fully saturated rings. The Morgan fingerprint density at radius 3 is 2.19 bits per heavy atom. The Hall–Kier alpha value is -2.74. The largest absolute Gasteiger partial charge is 0.390 e. The lowest BCUT2D eigenvalue weighted by molar-refractivity contribution is 0.131. The van der Waals surface area contributed by atoms with E-state index in [0.29, 0.717) is 11.1 Å². The van der Waals surface area contributed by atoms with Crippen LogP contribution in [-0.4, -0.2) is 6.21 Å². The molecule has 0 unspecified atom stereocenters. The highest BCUT2D eigenvalue weighted by Crippen LogP contribution is 2.18. The zero-order chi connectivity index (χ0) is 15.1. The maximum absolute atomic E-state index is 12.4. The molecule has 0 amide bonds. The minimum Gasteiger partial charge on any atom is -0.390 e. The summed E-state index contributed by atoms with van der Waals surface area (Å²) >= 11 is 0. The molecule has 2 aromatic carbocycles. The van der Waals surface area contributed by atoms with E-state index < -0.39 is 6.43 Å². The van der Waals surface area contributed by atoms with Gasteiger partial charge in [0.15, 0.2) is 0 Å². The van der Waals surface area contributed by atoms with Crippen LogP contribution in [0.1, 0.15) is 28.7 Å². The van der Waals surface area contributed by atoms with Gasteiger partial charge in [0.25, 0.3) is 6.43 Å². The van der Waals surface area contributed by atoms with E-state index in [-0.39, 0.29) is 12.2 Å². The first-order chi connectivity index (χ1) is 10.2. The quantitative estimate of drug-likeness (QED) is 0.617. The fourth-order valence-corrected chi connectivity index (χ4v) is 1.57. The van der Waals surface area contributed by atoms with Gasteiger partial charge in [0.1, 0.15) is 12.8 Å². The first kappa shape index (κ1) is 14.7. The van der Waals surface area contributed by atoms with Crippen LogP contribution in [0, 0.1) is 11.3 Å². The van der Waals surface area contributed by atoms with Gasteiger partial charge in [0, 0.05) is 11.1 Å². The van der Waals surface area contributed by atoms with Crippen molar-refractivity contribution >= 4 is 6.21 Å². The number of nitrogens with zero attached hydrogens (tertiary/aromatic N) is 2. The van der Waals surface area contributed by atoms with Gasteiger partial charge in [-0.05, 0) is 17.7 Å². The molecule has 3 nitrogen and oxygen atoms in total. The first-order valence-electron chi connectivity index (χ1n) is 6.14. The second-order valence-electron chi connectivity index (χ2n) is 4.21. The molecule has 2 aromatic rings. The van der Waals surface area contributed by atoms with E-state index in [1.807, 2.05) is 6.07 Å². The fourth-order valence-electron chi connectivity index (χ4n) is 1.57. The molecule has 0 aliphatic carbocycles. The minimum absolute atomic E-state index is 0.0219. The molecular formula is C16H11F2N2O. The fraction of sp³-hybridized carbons (Fsp3) is 0.125. The van der Waals surface area contributed by atoms with Gasteiger partial charge in [0.2, 0.25) is 0 Å². The van der Waals surface area contributed by atoms with Crippen molar-refractivity contribution in [3.05, 3.63) is 70.8 Å². The number of hydrogen-bond donors (Lipinski definition) is 0. The Kier molecular flexibility index (Phi) is 4.99. The van der Waals surface area contributed by atoms with Gasteiger partial charge in [-0.2, -0.15) is 5.26 Å². The van der Waals surface area contributed by atoms with Crippen molar-refractivity contribution in [1.29, 1.82) is 5.26 Å². The van der Waals surface area contributed by atoms with E-state index in [2.05, 4.69) is 11.4 Å². The number of halogens is 2. The molecule has 5 heteroatoms. The van der Waals surface area contributed by atoms with Gasteiger partial charge in [-0.3, -0.25) is 0 Å². The number of hydrogen-bond acceptors (Lipinski definition) is 3. The lowest BCUT2D eigenvalue weighted by Gasteiger charge is -2.02. The highest BCUT2D eigenvalue weighted by atomic mass is 19.3. The van der Waals surface area contributed by atoms with Crippen LogP contribution in [0.25, 0.3) is 0 Å². The van der Waals surface area contributed by atoms with Crippen LogP contribution < -0.4 is 0 Å². The van der Waals surface area contributed by atoms with Gasteiger partial charge in [-0.25, -0.2) is 8.78 Å². The van der Waals surface area contributed by atoms with E-state index in [1.165, 1.54) is 12.1 Å². The summed E-state index contributed by atoms with van der Waals surface area (Å²) in [6.07, 6.45) is 0.199. The standard InChI is InChI=1S/C16H11F2N2O/c17-16(18)15-7-5-14(6-8-15)11-21-20-10-13-3-1-12(9-19)2-4-13/h1-8,16H,11H2. The molecule has 2 rings (SSSR count). The van der Waals surface area contributed by atoms with Crippen molar-refractivity contribution in [2.24, 2.45) is 5.16 Å². The zero-order valence-electron chi connectivity index (χ0n) is 11.0. The van der Waals surface area contributed by atoms with Crippen molar-refractivity contribution in [2.45, 2.75) is 13.0 Å². The third kappa shape index (κ3) is 4.39. The van der Waals surface area contributed by atoms with E-state index in [1.54, 1.807) is 36.4 Å². The normalized spacial score (nSPS) is 10.8. The lowest BCUT2D eigenvalue weighted by atomic mass is 10.1. The number of benzene rings is 2. The highest BCUT2D eigenvalue weighted by molar-refractivity contribution is 5.79. The molecular weight excluding hydrogens is 274 g/mol. The second-order valence-corrected chi connectivity index (χ2v) is 4.21. The predicted octanol–water partition coefficient (Wildman–Crippen LogP) is 3.92. The molecule has 105 valence electrons. The second kappa shape index (κ2) is 7.15. The van der Waals surface area contributed by atoms with Crippen molar-refractivity contribution in [2.75, 3.05) is 0 Å². The summed E-state index contributed by atoms with van der Waals surface area (Å²) < 4.78 is 24.7. The Morgan fingerprint density at radius 1 is 1.00 bits per heavy atom. The van der Waals surface area contributed by atoms with Crippen molar-refractivity contribution < 1.29 is 13.6 Å². The van der Waals surface area contributed by atoms with Gasteiger partial charge >= 0.3 is 0 Å². The number of alkyl halides is 2. The summed E-state index contributed by atoms with van der Waals surface area (Å²) in [5.41, 5.74) is 1.96. The van der Waals surface area contributed by atoms with E-state index in [0.717, 1.165) is 5.56 Å². The maximum atomic E-state index is 12.4. The van der Waals surface area contributed by atoms with Gasteiger partial charge in [-0.15, -0.1) is 0 Å². The molecule has 1 radical (unpaired) electrons. The summed E-state index contributed by atoms with van der Waals surface area (Å²) in [6, 6.07) is 14.6. The lowest BCUT2D eigenvalue weighted by Crippen LogP contribution is -1.90. The van der Waals surface area contributed by atoms with E-state index in [9.17, 15) is 8.78 Å². The summed E-state index contributed by atoms with van der Waals surface area (Å²) in [7, 11) is 0. The van der Waals surface area contributed by atoms with Crippen LogP contribution in [-0.2, 0) is 11.4 Å². The number of nitriles is 1. The third-order valence-corrected chi connectivity index (χ3v) is 2.72. The first-order valence-corrected chi connectivity index (χ1v) is 6.14. The van der Waals surface area contributed by atoms with Gasteiger partial charge < -0.3 is 4.84 Å². The molecule has 21 heavy (non-hydrogen) atoms. The van der Waals surface area contributed by atoms with Crippen molar-refractivity contribution in [3.8, 4) is 6.07 Å². The summed E-state index contributed by atoms with van der Waals surface area (Å²) in [4.78, 5) is 5.04. The molecule has 0 spiro atoms. The Morgan fingerprint density at radius 2 is 1.62 bits per heavy atom. The average Bonchev–Trinajstić information content (AvgIpc) is 2.52. The summed E-state index contributed by atoms with van der Waals surface area (Å²) in [6.45, 7) is 0.173. The summed E-state index contributed by atoms with van der Waals surface area (Å²) in [5.74, 6) is 0. The average molecular weight is 285 g/mol. The molecule has 0 N–H and O–H groups in total. The molecule has 0 aromatic heterocycles. The van der Waals surface area contributed by atoms with E-state index in [4.69, 9.17) is 10.1 Å². The maximum Gasteiger partial charge on any atom is 0.263 e. The molecule has 0 heterocycles. The molecule has 0 aliphatic heterocycles. The van der Waals surface area contributed by atoms with Crippen LogP contribution >= 0.6 is 0 Å². The Bertz CT molecular complexity index is 643. The summed E-state index contributed by atoms with van der Waals surface area (Å²) in [5, 5.41) is 12.3. The van der Waals surface area contributed by atoms with Crippen LogP contribution in [0.5, 0.6) is 0 Å². The van der Waals surface area contributed by atoms with E-state index >= 15 is 0 Å². The third-order valence-electron chi connectivity index (χ3n) is 2.72. The zero-order valence-corrected chi connectivity index (χ0v) is 11.0. The minimum atomic E-state index is -2.47. The SMILES string of the molecule is N#Cc1ccc(/[C]=N\OCc2ccc(C(F)F)cc2)cc1. The molecule has 0 saturated heterocycles. The predicted molar refractivity (Wildman–Crippen MR) is 73.9 cm³/mol. The topological polar surface area (TPSA) is 45.4 Å². The van der Waals surface area contributed by atoms with Crippen LogP contribution in [0.4, 0.5) is 8.78 Å². The Balaban J connectivity index is 1.85. The highest BCUT2D eigenvalue weighted by Gasteiger charge is 2.05. The van der Waals surface area contributed by atoms with Crippen LogP contribution in [0.15, 0.2) is 53.7 Å². The smallest absolute Gasteiger partial charge is 0.263 e. The van der Waals surface area contributed by atoms with Crippen molar-refractivity contribution in [3.63, 3.8) is 0 Å². The van der Waals surface area contributed by atoms with Crippen LogP contribution in [0.2, 0.25) is 0 Å². The molecule has 0 aliphatic rings. The van der Waals surface area contributed by atoms with Gasteiger partial charge in [0.05, 0.1) is 11.6 Å². The monoisotopic (exact) mass is 285 g/mol. The Labute approximate surface area is 121 Å². The molecule has 0 bridgehead atoms. The van der Waals surface area contributed by atoms with Gasteiger partial charge in [-0.1, -0.05) is 41.6 Å². The van der Waals surface area contributed by atoms with Crippen molar-refractivity contribution in [1.82, 2.24) is 0 Å².